The Balaban J connectivity index is 1.33. The summed E-state index contributed by atoms with van der Waals surface area (Å²) >= 11 is 0. The van der Waals surface area contributed by atoms with Gasteiger partial charge in [-0.25, -0.2) is 0 Å². The predicted molar refractivity (Wildman–Crippen MR) is 119 cm³/mol. The first-order valence-electron chi connectivity index (χ1n) is 11.4. The SMILES string of the molecule is O=C(NC1CCC1)c1c2c(cn(C3CC3)c1=O)CN(C(=O)c1ccc3ccoc3c1)CC2. The maximum Gasteiger partial charge on any atom is 0.263 e. The fourth-order valence-electron chi connectivity index (χ4n) is 4.79. The third kappa shape index (κ3) is 3.23. The van der Waals surface area contributed by atoms with Gasteiger partial charge in [0.2, 0.25) is 0 Å². The average Bonchev–Trinajstić information content (AvgIpc) is 3.51. The molecule has 6 rings (SSSR count). The van der Waals surface area contributed by atoms with E-state index in [0.717, 1.165) is 48.6 Å². The van der Waals surface area contributed by atoms with Gasteiger partial charge in [0.15, 0.2) is 0 Å². The van der Waals surface area contributed by atoms with E-state index in [2.05, 4.69) is 5.32 Å². The van der Waals surface area contributed by atoms with Gasteiger partial charge in [-0.2, -0.15) is 0 Å². The predicted octanol–water partition coefficient (Wildman–Crippen LogP) is 3.41. The molecule has 2 fully saturated rings. The Labute approximate surface area is 185 Å². The summed E-state index contributed by atoms with van der Waals surface area (Å²) in [5, 5.41) is 4.00. The first-order chi connectivity index (χ1) is 15.6. The Morgan fingerprint density at radius 1 is 1.09 bits per heavy atom. The average molecular weight is 431 g/mol. The molecular formula is C25H25N3O4. The lowest BCUT2D eigenvalue weighted by molar-refractivity contribution is 0.0734. The third-order valence-electron chi connectivity index (χ3n) is 7.02. The van der Waals surface area contributed by atoms with Crippen molar-refractivity contribution in [1.82, 2.24) is 14.8 Å². The summed E-state index contributed by atoms with van der Waals surface area (Å²) < 4.78 is 7.17. The smallest absolute Gasteiger partial charge is 0.263 e. The van der Waals surface area contributed by atoms with E-state index in [4.69, 9.17) is 4.42 Å². The monoisotopic (exact) mass is 431 g/mol. The van der Waals surface area contributed by atoms with Crippen LogP contribution in [0.15, 0.2) is 45.9 Å². The molecule has 2 aliphatic carbocycles. The maximum atomic E-state index is 13.2. The van der Waals surface area contributed by atoms with Crippen LogP contribution >= 0.6 is 0 Å². The summed E-state index contributed by atoms with van der Waals surface area (Å²) in [4.78, 5) is 41.3. The highest BCUT2D eigenvalue weighted by molar-refractivity contribution is 5.98. The third-order valence-corrected chi connectivity index (χ3v) is 7.02. The molecule has 0 saturated heterocycles. The summed E-state index contributed by atoms with van der Waals surface area (Å²) in [6.45, 7) is 0.861. The Kier molecular flexibility index (Phi) is 4.45. The van der Waals surface area contributed by atoms with E-state index in [1.807, 2.05) is 24.4 Å². The molecule has 1 aromatic carbocycles. The molecule has 3 heterocycles. The van der Waals surface area contributed by atoms with Crippen molar-refractivity contribution >= 4 is 22.8 Å². The van der Waals surface area contributed by atoms with Gasteiger partial charge in [-0.3, -0.25) is 14.4 Å². The number of hydrogen-bond acceptors (Lipinski definition) is 4. The topological polar surface area (TPSA) is 84.5 Å². The first-order valence-corrected chi connectivity index (χ1v) is 11.4. The molecule has 0 spiro atoms. The summed E-state index contributed by atoms with van der Waals surface area (Å²) in [5.41, 5.74) is 3.06. The van der Waals surface area contributed by atoms with Gasteiger partial charge in [-0.15, -0.1) is 0 Å². The lowest BCUT2D eigenvalue weighted by atomic mass is 9.91. The highest BCUT2D eigenvalue weighted by Gasteiger charge is 2.33. The molecule has 0 atom stereocenters. The van der Waals surface area contributed by atoms with E-state index < -0.39 is 0 Å². The number of benzene rings is 1. The normalized spacial score (nSPS) is 18.3. The van der Waals surface area contributed by atoms with Crippen molar-refractivity contribution in [2.45, 2.75) is 57.2 Å². The van der Waals surface area contributed by atoms with Crippen LogP contribution in [0.1, 0.15) is 70.0 Å². The van der Waals surface area contributed by atoms with Gasteiger partial charge >= 0.3 is 0 Å². The van der Waals surface area contributed by atoms with Gasteiger partial charge in [0, 0.05) is 42.3 Å². The first kappa shape index (κ1) is 19.3. The fourth-order valence-corrected chi connectivity index (χ4v) is 4.79. The van der Waals surface area contributed by atoms with Crippen LogP contribution in [-0.2, 0) is 13.0 Å². The summed E-state index contributed by atoms with van der Waals surface area (Å²) in [7, 11) is 0. The number of hydrogen-bond donors (Lipinski definition) is 1. The molecule has 2 amide bonds. The molecule has 32 heavy (non-hydrogen) atoms. The second-order valence-electron chi connectivity index (χ2n) is 9.20. The Morgan fingerprint density at radius 3 is 2.69 bits per heavy atom. The van der Waals surface area contributed by atoms with Crippen molar-refractivity contribution in [3.8, 4) is 0 Å². The minimum atomic E-state index is -0.256. The number of pyridine rings is 1. The molecule has 2 aromatic heterocycles. The van der Waals surface area contributed by atoms with Gasteiger partial charge < -0.3 is 19.2 Å². The molecular weight excluding hydrogens is 406 g/mol. The van der Waals surface area contributed by atoms with Gasteiger partial charge in [0.1, 0.15) is 11.1 Å². The minimum absolute atomic E-state index is 0.0707. The number of carbonyl (C=O) groups excluding carboxylic acids is 2. The molecule has 0 bridgehead atoms. The molecule has 0 radical (unpaired) electrons. The van der Waals surface area contributed by atoms with E-state index in [-0.39, 0.29) is 35.0 Å². The van der Waals surface area contributed by atoms with E-state index in [1.54, 1.807) is 21.8 Å². The van der Waals surface area contributed by atoms with Crippen LogP contribution < -0.4 is 10.9 Å². The van der Waals surface area contributed by atoms with Crippen molar-refractivity contribution < 1.29 is 14.0 Å². The van der Waals surface area contributed by atoms with Crippen LogP contribution in [0.2, 0.25) is 0 Å². The molecule has 1 aliphatic heterocycles. The Bertz CT molecular complexity index is 1300. The maximum absolute atomic E-state index is 13.2. The lowest BCUT2D eigenvalue weighted by Gasteiger charge is -2.31. The Morgan fingerprint density at radius 2 is 1.94 bits per heavy atom. The number of rotatable bonds is 4. The largest absolute Gasteiger partial charge is 0.464 e. The van der Waals surface area contributed by atoms with Gasteiger partial charge in [0.25, 0.3) is 17.4 Å². The van der Waals surface area contributed by atoms with E-state index >= 15 is 0 Å². The molecule has 3 aliphatic rings. The molecule has 164 valence electrons. The number of nitrogens with one attached hydrogen (secondary N) is 1. The quantitative estimate of drug-likeness (QED) is 0.686. The van der Waals surface area contributed by atoms with E-state index in [9.17, 15) is 14.4 Å². The highest BCUT2D eigenvalue weighted by atomic mass is 16.3. The van der Waals surface area contributed by atoms with Gasteiger partial charge in [0.05, 0.1) is 6.26 Å². The number of carbonyl (C=O) groups is 2. The van der Waals surface area contributed by atoms with Crippen LogP contribution in [0.25, 0.3) is 11.0 Å². The van der Waals surface area contributed by atoms with Crippen LogP contribution in [0.5, 0.6) is 0 Å². The number of fused-ring (bicyclic) bond motifs is 2. The van der Waals surface area contributed by atoms with Crippen LogP contribution in [0, 0.1) is 0 Å². The standard InChI is InChI=1S/C25H25N3O4/c29-23(26-18-2-1-3-18)22-20-8-10-27(13-17(20)14-28(25(22)31)19-6-7-19)24(30)16-5-4-15-9-11-32-21(15)12-16/h4-5,9,11-12,14,18-19H,1-3,6-8,10,13H2,(H,26,29). The van der Waals surface area contributed by atoms with Crippen molar-refractivity contribution in [2.24, 2.45) is 0 Å². The zero-order chi connectivity index (χ0) is 21.8. The van der Waals surface area contributed by atoms with Gasteiger partial charge in [-0.05, 0) is 67.9 Å². The van der Waals surface area contributed by atoms with Gasteiger partial charge in [-0.1, -0.05) is 6.07 Å². The van der Waals surface area contributed by atoms with Crippen molar-refractivity contribution in [2.75, 3.05) is 6.54 Å². The fraction of sp³-hybridized carbons (Fsp3) is 0.400. The zero-order valence-electron chi connectivity index (χ0n) is 17.8. The molecule has 7 nitrogen and oxygen atoms in total. The van der Waals surface area contributed by atoms with E-state index in [1.165, 1.54) is 0 Å². The zero-order valence-corrected chi connectivity index (χ0v) is 17.8. The van der Waals surface area contributed by atoms with E-state index in [0.29, 0.717) is 30.7 Å². The highest BCUT2D eigenvalue weighted by Crippen LogP contribution is 2.35. The minimum Gasteiger partial charge on any atom is -0.464 e. The molecule has 1 N–H and O–H groups in total. The summed E-state index contributed by atoms with van der Waals surface area (Å²) in [6, 6.07) is 7.68. The van der Waals surface area contributed by atoms with Crippen molar-refractivity contribution in [3.05, 3.63) is 69.3 Å². The van der Waals surface area contributed by atoms with Crippen molar-refractivity contribution in [3.63, 3.8) is 0 Å². The number of furan rings is 1. The van der Waals surface area contributed by atoms with Crippen LogP contribution in [0.3, 0.4) is 0 Å². The lowest BCUT2D eigenvalue weighted by Crippen LogP contribution is -2.45. The van der Waals surface area contributed by atoms with Crippen molar-refractivity contribution in [1.29, 1.82) is 0 Å². The second kappa shape index (κ2) is 7.36. The molecule has 3 aromatic rings. The van der Waals surface area contributed by atoms with Crippen LogP contribution in [0.4, 0.5) is 0 Å². The number of aromatic nitrogens is 1. The number of nitrogens with zero attached hydrogens (tertiary/aromatic N) is 2. The molecule has 2 saturated carbocycles. The van der Waals surface area contributed by atoms with Crippen LogP contribution in [-0.4, -0.2) is 33.9 Å². The molecule has 7 heteroatoms. The Hall–Kier alpha value is -3.35. The number of amides is 2. The second-order valence-corrected chi connectivity index (χ2v) is 9.20. The summed E-state index contributed by atoms with van der Waals surface area (Å²) in [6.07, 6.45) is 8.96. The molecule has 0 unspecified atom stereocenters. The summed E-state index contributed by atoms with van der Waals surface area (Å²) in [5.74, 6) is -0.326.